The average Bonchev–Trinajstić information content (AvgIpc) is 2.31. The number of carboxylic acids is 1. The summed E-state index contributed by atoms with van der Waals surface area (Å²) in [6, 6.07) is -0.953. The van der Waals surface area contributed by atoms with Crippen molar-refractivity contribution >= 4 is 11.9 Å². The molecule has 0 aromatic carbocycles. The number of hydrogen-bond acceptors (Lipinski definition) is 3. The molecule has 5 nitrogen and oxygen atoms in total. The number of amides is 1. The van der Waals surface area contributed by atoms with Crippen LogP contribution in [0.15, 0.2) is 0 Å². The molecule has 106 valence electrons. The molecule has 0 spiro atoms. The number of unbranched alkanes of at least 4 members (excludes halogenated alkanes) is 1. The number of carbonyl (C=O) groups is 2. The highest BCUT2D eigenvalue weighted by Crippen LogP contribution is 2.12. The number of rotatable bonds is 10. The van der Waals surface area contributed by atoms with E-state index in [0.717, 1.165) is 25.7 Å². The van der Waals surface area contributed by atoms with Crippen molar-refractivity contribution < 1.29 is 19.4 Å². The number of nitrogens with one attached hydrogen (secondary N) is 1. The van der Waals surface area contributed by atoms with E-state index in [-0.39, 0.29) is 12.5 Å². The maximum absolute atomic E-state index is 10.9. The van der Waals surface area contributed by atoms with Gasteiger partial charge in [0.1, 0.15) is 0 Å². The first-order valence-corrected chi connectivity index (χ1v) is 6.58. The Morgan fingerprint density at radius 1 is 1.28 bits per heavy atom. The maximum atomic E-state index is 10.9. The zero-order valence-electron chi connectivity index (χ0n) is 11.6. The van der Waals surface area contributed by atoms with Crippen LogP contribution in [0.25, 0.3) is 0 Å². The van der Waals surface area contributed by atoms with Gasteiger partial charge >= 0.3 is 5.97 Å². The number of hydrogen-bond donors (Lipinski definition) is 2. The Morgan fingerprint density at radius 3 is 2.39 bits per heavy atom. The SMILES string of the molecule is CCCCC(CC)COCC(NC(C)=O)C(=O)O. The number of carboxylic acid groups (broad SMARTS) is 1. The fourth-order valence-electron chi connectivity index (χ4n) is 1.67. The van der Waals surface area contributed by atoms with Crippen molar-refractivity contribution in [1.29, 1.82) is 0 Å². The second-order valence-corrected chi connectivity index (χ2v) is 4.55. The molecule has 1 amide bonds. The van der Waals surface area contributed by atoms with E-state index in [2.05, 4.69) is 19.2 Å². The lowest BCUT2D eigenvalue weighted by Gasteiger charge is -2.17. The third-order valence-electron chi connectivity index (χ3n) is 2.86. The van der Waals surface area contributed by atoms with Crippen LogP contribution < -0.4 is 5.32 Å². The van der Waals surface area contributed by atoms with Crippen molar-refractivity contribution in [3.63, 3.8) is 0 Å². The summed E-state index contributed by atoms with van der Waals surface area (Å²) in [7, 11) is 0. The lowest BCUT2D eigenvalue weighted by atomic mass is 10.0. The Hall–Kier alpha value is -1.10. The molecule has 5 heteroatoms. The van der Waals surface area contributed by atoms with Gasteiger partial charge in [-0.25, -0.2) is 4.79 Å². The molecular weight excluding hydrogens is 234 g/mol. The van der Waals surface area contributed by atoms with Gasteiger partial charge in [-0.15, -0.1) is 0 Å². The van der Waals surface area contributed by atoms with Gasteiger partial charge in [0, 0.05) is 13.5 Å². The van der Waals surface area contributed by atoms with Gasteiger partial charge < -0.3 is 15.2 Å². The number of carbonyl (C=O) groups excluding carboxylic acids is 1. The largest absolute Gasteiger partial charge is 0.480 e. The molecule has 0 aromatic heterocycles. The van der Waals surface area contributed by atoms with Crippen LogP contribution in [0.4, 0.5) is 0 Å². The molecule has 0 aromatic rings. The molecule has 0 aliphatic heterocycles. The minimum Gasteiger partial charge on any atom is -0.480 e. The van der Waals surface area contributed by atoms with Crippen molar-refractivity contribution in [2.75, 3.05) is 13.2 Å². The summed E-state index contributed by atoms with van der Waals surface area (Å²) in [5.41, 5.74) is 0. The second-order valence-electron chi connectivity index (χ2n) is 4.55. The lowest BCUT2D eigenvalue weighted by molar-refractivity contribution is -0.143. The molecule has 0 fully saturated rings. The van der Waals surface area contributed by atoms with Gasteiger partial charge in [-0.1, -0.05) is 33.1 Å². The second kappa shape index (κ2) is 9.88. The highest BCUT2D eigenvalue weighted by atomic mass is 16.5. The van der Waals surface area contributed by atoms with Gasteiger partial charge in [-0.3, -0.25) is 4.79 Å². The highest BCUT2D eigenvalue weighted by Gasteiger charge is 2.19. The average molecular weight is 259 g/mol. The van der Waals surface area contributed by atoms with Crippen LogP contribution in [0.1, 0.15) is 46.5 Å². The predicted molar refractivity (Wildman–Crippen MR) is 69.4 cm³/mol. The topological polar surface area (TPSA) is 75.6 Å². The first kappa shape index (κ1) is 16.9. The Kier molecular flexibility index (Phi) is 9.28. The minimum absolute atomic E-state index is 0.0253. The third-order valence-corrected chi connectivity index (χ3v) is 2.86. The van der Waals surface area contributed by atoms with E-state index in [1.165, 1.54) is 6.92 Å². The molecule has 0 bridgehead atoms. The van der Waals surface area contributed by atoms with Crippen molar-refractivity contribution in [2.24, 2.45) is 5.92 Å². The summed E-state index contributed by atoms with van der Waals surface area (Å²) < 4.78 is 5.41. The quantitative estimate of drug-likeness (QED) is 0.627. The Bertz CT molecular complexity index is 255. The standard InChI is InChI=1S/C13H25NO4/c1-4-6-7-11(5-2)8-18-9-12(13(16)17)14-10(3)15/h11-12H,4-9H2,1-3H3,(H,14,15)(H,16,17). The first-order valence-electron chi connectivity index (χ1n) is 6.58. The summed E-state index contributed by atoms with van der Waals surface area (Å²) in [4.78, 5) is 21.7. The van der Waals surface area contributed by atoms with Gasteiger partial charge in [0.05, 0.1) is 6.61 Å². The molecule has 0 rings (SSSR count). The van der Waals surface area contributed by atoms with Gasteiger partial charge in [0.2, 0.25) is 5.91 Å². The van der Waals surface area contributed by atoms with Crippen LogP contribution in [0.2, 0.25) is 0 Å². The molecule has 0 radical (unpaired) electrons. The maximum Gasteiger partial charge on any atom is 0.328 e. The summed E-state index contributed by atoms with van der Waals surface area (Å²) in [5.74, 6) is -0.951. The molecule has 2 N–H and O–H groups in total. The monoisotopic (exact) mass is 259 g/mol. The fraction of sp³-hybridized carbons (Fsp3) is 0.846. The van der Waals surface area contributed by atoms with Gasteiger partial charge in [-0.05, 0) is 12.3 Å². The van der Waals surface area contributed by atoms with Crippen LogP contribution in [-0.2, 0) is 14.3 Å². The van der Waals surface area contributed by atoms with Crippen molar-refractivity contribution in [3.05, 3.63) is 0 Å². The van der Waals surface area contributed by atoms with Crippen LogP contribution in [-0.4, -0.2) is 36.2 Å². The zero-order valence-corrected chi connectivity index (χ0v) is 11.6. The van der Waals surface area contributed by atoms with E-state index >= 15 is 0 Å². The van der Waals surface area contributed by atoms with E-state index in [9.17, 15) is 9.59 Å². The van der Waals surface area contributed by atoms with Crippen LogP contribution >= 0.6 is 0 Å². The normalized spacial score (nSPS) is 13.9. The van der Waals surface area contributed by atoms with Crippen LogP contribution in [0.3, 0.4) is 0 Å². The van der Waals surface area contributed by atoms with Gasteiger partial charge in [0.15, 0.2) is 6.04 Å². The highest BCUT2D eigenvalue weighted by molar-refractivity contribution is 5.82. The molecule has 0 saturated carbocycles. The zero-order chi connectivity index (χ0) is 14.0. The summed E-state index contributed by atoms with van der Waals surface area (Å²) in [6.45, 7) is 6.13. The van der Waals surface area contributed by atoms with E-state index in [0.29, 0.717) is 12.5 Å². The van der Waals surface area contributed by atoms with Crippen molar-refractivity contribution in [1.82, 2.24) is 5.32 Å². The van der Waals surface area contributed by atoms with Gasteiger partial charge in [-0.2, -0.15) is 0 Å². The number of ether oxygens (including phenoxy) is 1. The summed E-state index contributed by atoms with van der Waals surface area (Å²) in [6.07, 6.45) is 4.44. The Balaban J connectivity index is 3.95. The van der Waals surface area contributed by atoms with Crippen LogP contribution in [0, 0.1) is 5.92 Å². The van der Waals surface area contributed by atoms with E-state index in [1.807, 2.05) is 0 Å². The molecule has 0 aliphatic carbocycles. The first-order chi connectivity index (χ1) is 8.51. The van der Waals surface area contributed by atoms with E-state index in [1.54, 1.807) is 0 Å². The molecule has 0 saturated heterocycles. The molecule has 0 aliphatic rings. The molecule has 0 heterocycles. The predicted octanol–water partition coefficient (Wildman–Crippen LogP) is 1.81. The molecule has 2 unspecified atom stereocenters. The van der Waals surface area contributed by atoms with Crippen LogP contribution in [0.5, 0.6) is 0 Å². The lowest BCUT2D eigenvalue weighted by Crippen LogP contribution is -2.43. The third kappa shape index (κ3) is 8.06. The molecule has 18 heavy (non-hydrogen) atoms. The fourth-order valence-corrected chi connectivity index (χ4v) is 1.67. The summed E-state index contributed by atoms with van der Waals surface area (Å²) >= 11 is 0. The Labute approximate surface area is 109 Å². The van der Waals surface area contributed by atoms with E-state index in [4.69, 9.17) is 9.84 Å². The summed E-state index contributed by atoms with van der Waals surface area (Å²) in [5, 5.41) is 11.2. The van der Waals surface area contributed by atoms with Crippen molar-refractivity contribution in [3.8, 4) is 0 Å². The Morgan fingerprint density at radius 2 is 1.94 bits per heavy atom. The number of aliphatic carboxylic acids is 1. The molecule has 2 atom stereocenters. The van der Waals surface area contributed by atoms with E-state index < -0.39 is 12.0 Å². The van der Waals surface area contributed by atoms with Crippen molar-refractivity contribution in [2.45, 2.75) is 52.5 Å². The van der Waals surface area contributed by atoms with Gasteiger partial charge in [0.25, 0.3) is 0 Å². The smallest absolute Gasteiger partial charge is 0.328 e. The molecular formula is C13H25NO4. The minimum atomic E-state index is -1.06.